The van der Waals surface area contributed by atoms with Crippen LogP contribution in [0.5, 0.6) is 5.75 Å². The Morgan fingerprint density at radius 3 is 2.64 bits per heavy atom. The van der Waals surface area contributed by atoms with Gasteiger partial charge in [0.25, 0.3) is 5.69 Å². The van der Waals surface area contributed by atoms with Crippen molar-refractivity contribution in [1.82, 2.24) is 0 Å². The van der Waals surface area contributed by atoms with E-state index in [1.165, 1.54) is 18.3 Å². The van der Waals surface area contributed by atoms with Gasteiger partial charge in [0.2, 0.25) is 0 Å². The number of rotatable bonds is 7. The van der Waals surface area contributed by atoms with E-state index in [1.54, 1.807) is 24.3 Å². The molecule has 9 heteroatoms. The number of hydrogen-bond acceptors (Lipinski definition) is 7. The van der Waals surface area contributed by atoms with Gasteiger partial charge in [0, 0.05) is 30.6 Å². The molecule has 0 unspecified atom stereocenters. The first-order valence-corrected chi connectivity index (χ1v) is 9.18. The van der Waals surface area contributed by atoms with E-state index < -0.39 is 14.8 Å². The number of hydrogen-bond donors (Lipinski definition) is 2. The minimum atomic E-state index is -3.52. The van der Waals surface area contributed by atoms with E-state index in [4.69, 9.17) is 0 Å². The van der Waals surface area contributed by atoms with Gasteiger partial charge in [0.1, 0.15) is 11.4 Å². The van der Waals surface area contributed by atoms with Gasteiger partial charge in [-0.3, -0.25) is 15.1 Å². The van der Waals surface area contributed by atoms with E-state index in [2.05, 4.69) is 10.3 Å². The van der Waals surface area contributed by atoms with E-state index in [-0.39, 0.29) is 22.0 Å². The van der Waals surface area contributed by atoms with Gasteiger partial charge in [-0.2, -0.15) is 0 Å². The highest BCUT2D eigenvalue weighted by atomic mass is 32.2. The smallest absolute Gasteiger partial charge is 0.293 e. The van der Waals surface area contributed by atoms with Gasteiger partial charge in [-0.25, -0.2) is 8.42 Å². The van der Waals surface area contributed by atoms with Crippen molar-refractivity contribution in [3.05, 3.63) is 58.1 Å². The highest BCUT2D eigenvalue weighted by Crippen LogP contribution is 2.27. The van der Waals surface area contributed by atoms with E-state index in [1.807, 2.05) is 0 Å². The van der Waals surface area contributed by atoms with E-state index in [0.29, 0.717) is 18.7 Å². The third-order valence-corrected chi connectivity index (χ3v) is 4.43. The second-order valence-electron chi connectivity index (χ2n) is 5.23. The highest BCUT2D eigenvalue weighted by Gasteiger charge is 2.18. The number of nitrogens with zero attached hydrogens (tertiary/aromatic N) is 2. The molecule has 0 heterocycles. The van der Waals surface area contributed by atoms with Crippen LogP contribution in [0, 0.1) is 10.1 Å². The third-order valence-electron chi connectivity index (χ3n) is 3.32. The Kier molecular flexibility index (Phi) is 5.71. The molecule has 0 aliphatic heterocycles. The fourth-order valence-corrected chi connectivity index (χ4v) is 2.70. The number of sulfone groups is 1. The number of phenolic OH excluding ortho intramolecular Hbond substituents is 1. The Labute approximate surface area is 144 Å². The molecule has 132 valence electrons. The predicted molar refractivity (Wildman–Crippen MR) is 95.3 cm³/mol. The normalized spacial score (nSPS) is 11.6. The Hall–Kier alpha value is -2.94. The molecule has 0 spiro atoms. The van der Waals surface area contributed by atoms with Crippen LogP contribution < -0.4 is 5.32 Å². The zero-order valence-electron chi connectivity index (χ0n) is 13.4. The number of nitrogens with one attached hydrogen (secondary N) is 1. The zero-order chi connectivity index (χ0) is 18.4. The Balaban J connectivity index is 2.03. The number of benzene rings is 2. The second-order valence-corrected chi connectivity index (χ2v) is 7.24. The Morgan fingerprint density at radius 2 is 2.00 bits per heavy atom. The lowest BCUT2D eigenvalue weighted by atomic mass is 10.2. The van der Waals surface area contributed by atoms with Crippen LogP contribution in [-0.2, 0) is 9.84 Å². The first-order chi connectivity index (χ1) is 11.8. The number of aromatic hydroxyl groups is 1. The maximum absolute atomic E-state index is 11.5. The number of para-hydroxylation sites is 1. The lowest BCUT2D eigenvalue weighted by Crippen LogP contribution is -2.08. The van der Waals surface area contributed by atoms with Crippen LogP contribution in [0.4, 0.5) is 11.4 Å². The zero-order valence-corrected chi connectivity index (χ0v) is 14.2. The average molecular weight is 363 g/mol. The summed E-state index contributed by atoms with van der Waals surface area (Å²) in [4.78, 5) is 14.5. The number of nitro groups is 1. The van der Waals surface area contributed by atoms with E-state index in [0.717, 1.165) is 12.3 Å². The fraction of sp³-hybridized carbons (Fsp3) is 0.188. The van der Waals surface area contributed by atoms with Gasteiger partial charge in [-0.05, 0) is 24.3 Å². The molecule has 2 aromatic rings. The largest absolute Gasteiger partial charge is 0.507 e. The van der Waals surface area contributed by atoms with Gasteiger partial charge in [0.05, 0.1) is 16.4 Å². The molecule has 0 aromatic heterocycles. The van der Waals surface area contributed by atoms with Crippen LogP contribution in [0.1, 0.15) is 5.56 Å². The summed E-state index contributed by atoms with van der Waals surface area (Å²) < 4.78 is 23.0. The van der Waals surface area contributed by atoms with Crippen molar-refractivity contribution >= 4 is 27.4 Å². The molecule has 0 radical (unpaired) electrons. The lowest BCUT2D eigenvalue weighted by Gasteiger charge is -2.07. The highest BCUT2D eigenvalue weighted by molar-refractivity contribution is 7.90. The number of aliphatic imine (C=N–C) groups is 1. The van der Waals surface area contributed by atoms with Gasteiger partial charge >= 0.3 is 0 Å². The number of anilines is 1. The molecule has 0 aliphatic rings. The van der Waals surface area contributed by atoms with Crippen LogP contribution in [0.15, 0.2) is 52.4 Å². The van der Waals surface area contributed by atoms with Gasteiger partial charge in [0.15, 0.2) is 9.84 Å². The Morgan fingerprint density at radius 1 is 1.28 bits per heavy atom. The quantitative estimate of drug-likeness (QED) is 0.337. The molecule has 0 bridgehead atoms. The second kappa shape index (κ2) is 7.75. The van der Waals surface area contributed by atoms with Crippen LogP contribution in [0.2, 0.25) is 0 Å². The molecule has 0 amide bonds. The maximum Gasteiger partial charge on any atom is 0.293 e. The van der Waals surface area contributed by atoms with E-state index >= 15 is 0 Å². The summed E-state index contributed by atoms with van der Waals surface area (Å²) >= 11 is 0. The topological polar surface area (TPSA) is 122 Å². The Bertz CT molecular complexity index is 910. The van der Waals surface area contributed by atoms with Gasteiger partial charge in [-0.15, -0.1) is 0 Å². The molecule has 2 N–H and O–H groups in total. The summed E-state index contributed by atoms with van der Waals surface area (Å²) in [5.41, 5.74) is 0.480. The molecule has 2 aromatic carbocycles. The van der Waals surface area contributed by atoms with Crippen molar-refractivity contribution in [3.63, 3.8) is 0 Å². The third kappa shape index (κ3) is 5.01. The minimum Gasteiger partial charge on any atom is -0.507 e. The molecule has 0 saturated carbocycles. The first-order valence-electron chi connectivity index (χ1n) is 7.29. The van der Waals surface area contributed by atoms with Crippen LogP contribution in [0.25, 0.3) is 0 Å². The van der Waals surface area contributed by atoms with Crippen LogP contribution in [-0.4, -0.2) is 44.0 Å². The van der Waals surface area contributed by atoms with Crippen molar-refractivity contribution < 1.29 is 18.4 Å². The molecule has 0 fully saturated rings. The molecule has 2 rings (SSSR count). The molecule has 8 nitrogen and oxygen atoms in total. The minimum absolute atomic E-state index is 0.109. The van der Waals surface area contributed by atoms with E-state index in [9.17, 15) is 23.6 Å². The van der Waals surface area contributed by atoms with Gasteiger partial charge in [-0.1, -0.05) is 12.1 Å². The number of nitro benzene ring substituents is 1. The van der Waals surface area contributed by atoms with Crippen molar-refractivity contribution in [1.29, 1.82) is 0 Å². The van der Waals surface area contributed by atoms with Gasteiger partial charge < -0.3 is 10.4 Å². The summed E-state index contributed by atoms with van der Waals surface area (Å²) in [5.74, 6) is 0.117. The number of phenols is 1. The summed E-state index contributed by atoms with van der Waals surface area (Å²) in [6.45, 7) is 0.627. The molecular weight excluding hydrogens is 346 g/mol. The molecular formula is C16H17N3O5S. The summed E-state index contributed by atoms with van der Waals surface area (Å²) in [6.07, 6.45) is 2.51. The fourth-order valence-electron chi connectivity index (χ4n) is 2.06. The first kappa shape index (κ1) is 18.4. The molecule has 0 saturated heterocycles. The average Bonchev–Trinajstić information content (AvgIpc) is 2.55. The van der Waals surface area contributed by atoms with Crippen molar-refractivity contribution in [2.24, 2.45) is 4.99 Å². The summed E-state index contributed by atoms with van der Waals surface area (Å²) in [7, 11) is -3.52. The molecule has 0 atom stereocenters. The molecule has 25 heavy (non-hydrogen) atoms. The SMILES string of the molecule is CS(=O)(=O)c1ccc(NCCN=Cc2ccccc2O)c([N+](=O)[O-])c1. The maximum atomic E-state index is 11.5. The van der Waals surface area contributed by atoms with Crippen LogP contribution in [0.3, 0.4) is 0 Å². The predicted octanol–water partition coefficient (Wildman–Crippen LogP) is 2.23. The monoisotopic (exact) mass is 363 g/mol. The van der Waals surface area contributed by atoms with Crippen LogP contribution >= 0.6 is 0 Å². The molecule has 0 aliphatic carbocycles. The van der Waals surface area contributed by atoms with Crippen molar-refractivity contribution in [2.75, 3.05) is 24.7 Å². The summed E-state index contributed by atoms with van der Waals surface area (Å²) in [5, 5.41) is 23.6. The van der Waals surface area contributed by atoms with Crippen molar-refractivity contribution in [2.45, 2.75) is 4.90 Å². The van der Waals surface area contributed by atoms with Crippen molar-refractivity contribution in [3.8, 4) is 5.75 Å². The standard InChI is InChI=1S/C16H17N3O5S/c1-25(23,24)13-6-7-14(15(10-13)19(21)22)18-9-8-17-11-12-4-2-3-5-16(12)20/h2-7,10-11,18,20H,8-9H2,1H3. The summed E-state index contributed by atoms with van der Waals surface area (Å²) in [6, 6.07) is 10.4. The lowest BCUT2D eigenvalue weighted by molar-refractivity contribution is -0.384.